The fourth-order valence-electron chi connectivity index (χ4n) is 2.47. The topological polar surface area (TPSA) is 67.6 Å². The molecule has 5 nitrogen and oxygen atoms in total. The highest BCUT2D eigenvalue weighted by atomic mass is 35.5. The van der Waals surface area contributed by atoms with Crippen LogP contribution in [0.25, 0.3) is 0 Å². The lowest BCUT2D eigenvalue weighted by molar-refractivity contribution is -0.123. The molecule has 0 aromatic heterocycles. The third-order valence-corrected chi connectivity index (χ3v) is 3.71. The molecule has 1 fully saturated rings. The van der Waals surface area contributed by atoms with Crippen molar-refractivity contribution >= 4 is 18.3 Å². The van der Waals surface area contributed by atoms with Gasteiger partial charge in [0.15, 0.2) is 0 Å². The number of rotatable bonds is 7. The number of carbonyl (C=O) groups excluding carboxylic acids is 1. The predicted octanol–water partition coefficient (Wildman–Crippen LogP) is 1.01. The summed E-state index contributed by atoms with van der Waals surface area (Å²) >= 11 is 0. The van der Waals surface area contributed by atoms with Gasteiger partial charge in [-0.25, -0.2) is 0 Å². The molecule has 0 aliphatic carbocycles. The van der Waals surface area contributed by atoms with Gasteiger partial charge in [-0.2, -0.15) is 0 Å². The summed E-state index contributed by atoms with van der Waals surface area (Å²) in [7, 11) is 0. The van der Waals surface area contributed by atoms with Crippen LogP contribution in [-0.2, 0) is 9.53 Å². The molecule has 3 N–H and O–H groups in total. The van der Waals surface area contributed by atoms with E-state index in [2.05, 4.69) is 24.1 Å². The third kappa shape index (κ3) is 6.39. The minimum absolute atomic E-state index is 0. The number of hydrogen-bond acceptors (Lipinski definition) is 4. The second kappa shape index (κ2) is 10.4. The van der Waals surface area contributed by atoms with Gasteiger partial charge in [0.1, 0.15) is 0 Å². The molecule has 1 aliphatic rings. The molecule has 0 saturated carbocycles. The second-order valence-electron chi connectivity index (χ2n) is 5.60. The summed E-state index contributed by atoms with van der Waals surface area (Å²) in [5, 5.41) is 3.00. The van der Waals surface area contributed by atoms with Crippen LogP contribution in [0, 0.1) is 5.92 Å². The molecule has 0 aromatic carbocycles. The number of nitrogens with two attached hydrogens (primary N) is 1. The highest BCUT2D eigenvalue weighted by Crippen LogP contribution is 2.12. The number of amides is 1. The van der Waals surface area contributed by atoms with Crippen LogP contribution < -0.4 is 11.1 Å². The average Bonchev–Trinajstić information content (AvgIpc) is 2.39. The van der Waals surface area contributed by atoms with E-state index < -0.39 is 0 Å². The van der Waals surface area contributed by atoms with Crippen LogP contribution in [0.3, 0.4) is 0 Å². The van der Waals surface area contributed by atoms with Gasteiger partial charge in [-0.1, -0.05) is 27.2 Å². The molecular formula is C14H30ClN3O2. The molecule has 1 heterocycles. The van der Waals surface area contributed by atoms with Gasteiger partial charge >= 0.3 is 0 Å². The maximum atomic E-state index is 11.9. The molecule has 6 heteroatoms. The van der Waals surface area contributed by atoms with E-state index in [1.54, 1.807) is 0 Å². The van der Waals surface area contributed by atoms with Crippen molar-refractivity contribution in [3.05, 3.63) is 0 Å². The van der Waals surface area contributed by atoms with E-state index in [9.17, 15) is 4.79 Å². The van der Waals surface area contributed by atoms with Crippen LogP contribution in [0.15, 0.2) is 0 Å². The minimum Gasteiger partial charge on any atom is -0.379 e. The Kier molecular flexibility index (Phi) is 10.2. The molecule has 20 heavy (non-hydrogen) atoms. The molecule has 0 bridgehead atoms. The molecular weight excluding hydrogens is 278 g/mol. The molecule has 2 unspecified atom stereocenters. The standard InChI is InChI=1S/C14H29N3O2.ClH/c1-4-5-12(15)14(18)16-10-13(11(2)3)17-6-8-19-9-7-17;/h11-13H,4-10,15H2,1-3H3,(H,16,18);1H. The zero-order chi connectivity index (χ0) is 14.3. The second-order valence-corrected chi connectivity index (χ2v) is 5.60. The van der Waals surface area contributed by atoms with Crippen LogP contribution >= 0.6 is 12.4 Å². The Labute approximate surface area is 129 Å². The fraction of sp³-hybridized carbons (Fsp3) is 0.929. The maximum absolute atomic E-state index is 11.9. The summed E-state index contributed by atoms with van der Waals surface area (Å²) < 4.78 is 5.38. The van der Waals surface area contributed by atoms with Gasteiger partial charge in [0, 0.05) is 25.7 Å². The van der Waals surface area contributed by atoms with Gasteiger partial charge in [0.2, 0.25) is 5.91 Å². The SMILES string of the molecule is CCCC(N)C(=O)NCC(C(C)C)N1CCOCC1.Cl. The number of morpholine rings is 1. The summed E-state index contributed by atoms with van der Waals surface area (Å²) in [6.07, 6.45) is 1.68. The van der Waals surface area contributed by atoms with Gasteiger partial charge in [-0.3, -0.25) is 9.69 Å². The van der Waals surface area contributed by atoms with Crippen LogP contribution in [0.4, 0.5) is 0 Å². The van der Waals surface area contributed by atoms with Crippen molar-refractivity contribution in [1.29, 1.82) is 0 Å². The van der Waals surface area contributed by atoms with Gasteiger partial charge in [-0.15, -0.1) is 12.4 Å². The molecule has 1 amide bonds. The van der Waals surface area contributed by atoms with Crippen molar-refractivity contribution in [2.45, 2.75) is 45.7 Å². The highest BCUT2D eigenvalue weighted by Gasteiger charge is 2.24. The lowest BCUT2D eigenvalue weighted by Gasteiger charge is -2.37. The fourth-order valence-corrected chi connectivity index (χ4v) is 2.47. The Bertz CT molecular complexity index is 271. The van der Waals surface area contributed by atoms with Crippen LogP contribution in [0.2, 0.25) is 0 Å². The van der Waals surface area contributed by atoms with Gasteiger partial charge in [0.05, 0.1) is 19.3 Å². The lowest BCUT2D eigenvalue weighted by atomic mass is 10.0. The number of nitrogens with one attached hydrogen (secondary N) is 1. The zero-order valence-electron chi connectivity index (χ0n) is 12.9. The predicted molar refractivity (Wildman–Crippen MR) is 84.2 cm³/mol. The van der Waals surface area contributed by atoms with Crippen molar-refractivity contribution in [3.63, 3.8) is 0 Å². The molecule has 0 spiro atoms. The summed E-state index contributed by atoms with van der Waals surface area (Å²) in [6.45, 7) is 10.6. The van der Waals surface area contributed by atoms with E-state index in [1.165, 1.54) is 0 Å². The van der Waals surface area contributed by atoms with Crippen LogP contribution in [-0.4, -0.2) is 55.7 Å². The normalized spacial score (nSPS) is 19.2. The van der Waals surface area contributed by atoms with Crippen LogP contribution in [0.5, 0.6) is 0 Å². The van der Waals surface area contributed by atoms with Gasteiger partial charge < -0.3 is 15.8 Å². The van der Waals surface area contributed by atoms with Crippen molar-refractivity contribution in [2.75, 3.05) is 32.8 Å². The molecule has 1 aliphatic heterocycles. The Morgan fingerprint density at radius 1 is 1.35 bits per heavy atom. The zero-order valence-corrected chi connectivity index (χ0v) is 13.7. The first-order valence-electron chi connectivity index (χ1n) is 7.41. The number of halogens is 1. The Morgan fingerprint density at radius 2 is 1.95 bits per heavy atom. The number of hydrogen-bond donors (Lipinski definition) is 2. The van der Waals surface area contributed by atoms with E-state index in [0.717, 1.165) is 39.1 Å². The van der Waals surface area contributed by atoms with E-state index in [0.29, 0.717) is 18.5 Å². The summed E-state index contributed by atoms with van der Waals surface area (Å²) in [5.41, 5.74) is 5.82. The summed E-state index contributed by atoms with van der Waals surface area (Å²) in [4.78, 5) is 14.3. The first-order chi connectivity index (χ1) is 9.06. The third-order valence-electron chi connectivity index (χ3n) is 3.71. The van der Waals surface area contributed by atoms with E-state index in [-0.39, 0.29) is 24.4 Å². The molecule has 1 saturated heterocycles. The minimum atomic E-state index is -0.373. The average molecular weight is 308 g/mol. The Morgan fingerprint density at radius 3 is 2.45 bits per heavy atom. The molecule has 120 valence electrons. The Hall–Kier alpha value is -0.360. The smallest absolute Gasteiger partial charge is 0.236 e. The summed E-state index contributed by atoms with van der Waals surface area (Å²) in [6, 6.07) is -0.0100. The first kappa shape index (κ1) is 19.6. The quantitative estimate of drug-likeness (QED) is 0.736. The molecule has 1 rings (SSSR count). The van der Waals surface area contributed by atoms with Crippen molar-refractivity contribution in [3.8, 4) is 0 Å². The van der Waals surface area contributed by atoms with Crippen LogP contribution in [0.1, 0.15) is 33.6 Å². The van der Waals surface area contributed by atoms with Crippen molar-refractivity contribution in [1.82, 2.24) is 10.2 Å². The van der Waals surface area contributed by atoms with E-state index in [1.807, 2.05) is 6.92 Å². The largest absolute Gasteiger partial charge is 0.379 e. The van der Waals surface area contributed by atoms with Gasteiger partial charge in [0.25, 0.3) is 0 Å². The number of carbonyl (C=O) groups is 1. The van der Waals surface area contributed by atoms with Gasteiger partial charge in [-0.05, 0) is 12.3 Å². The molecule has 2 atom stereocenters. The van der Waals surface area contributed by atoms with E-state index >= 15 is 0 Å². The maximum Gasteiger partial charge on any atom is 0.236 e. The van der Waals surface area contributed by atoms with Crippen molar-refractivity contribution in [2.24, 2.45) is 11.7 Å². The van der Waals surface area contributed by atoms with E-state index in [4.69, 9.17) is 10.5 Å². The lowest BCUT2D eigenvalue weighted by Crippen LogP contribution is -2.52. The summed E-state index contributed by atoms with van der Waals surface area (Å²) in [5.74, 6) is 0.474. The highest BCUT2D eigenvalue weighted by molar-refractivity contribution is 5.85. The number of nitrogens with zero attached hydrogens (tertiary/aromatic N) is 1. The molecule has 0 radical (unpaired) electrons. The van der Waals surface area contributed by atoms with Crippen molar-refractivity contribution < 1.29 is 9.53 Å². The first-order valence-corrected chi connectivity index (χ1v) is 7.41. The molecule has 0 aromatic rings. The number of ether oxygens (including phenoxy) is 1. The Balaban J connectivity index is 0.00000361. The monoisotopic (exact) mass is 307 g/mol.